The third kappa shape index (κ3) is 4.91. The molecule has 4 nitrogen and oxygen atoms in total. The van der Waals surface area contributed by atoms with Gasteiger partial charge in [0.15, 0.2) is 0 Å². The molecule has 2 aromatic rings. The number of phenols is 1. The lowest BCUT2D eigenvalue weighted by atomic mass is 9.81. The van der Waals surface area contributed by atoms with Gasteiger partial charge in [-0.3, -0.25) is 0 Å². The van der Waals surface area contributed by atoms with Crippen molar-refractivity contribution < 1.29 is 19.3 Å². The van der Waals surface area contributed by atoms with Crippen LogP contribution < -0.4 is 5.32 Å². The van der Waals surface area contributed by atoms with Crippen LogP contribution >= 0.6 is 22.6 Å². The van der Waals surface area contributed by atoms with E-state index in [1.54, 1.807) is 0 Å². The summed E-state index contributed by atoms with van der Waals surface area (Å²) in [4.78, 5) is 1.97. The van der Waals surface area contributed by atoms with Crippen LogP contribution in [0.4, 0.5) is 4.39 Å². The third-order valence-electron chi connectivity index (χ3n) is 4.24. The van der Waals surface area contributed by atoms with Crippen LogP contribution in [0, 0.1) is 5.82 Å². The number of aliphatic hydroxyl groups is 1. The average molecular weight is 459 g/mol. The Bertz CT molecular complexity index is 665. The van der Waals surface area contributed by atoms with Crippen LogP contribution in [0.2, 0.25) is 0 Å². The molecule has 0 bridgehead atoms. The van der Waals surface area contributed by atoms with E-state index >= 15 is 0 Å². The molecule has 0 aromatic heterocycles. The van der Waals surface area contributed by atoms with E-state index in [1.807, 2.05) is 35.3 Å². The highest BCUT2D eigenvalue weighted by Gasteiger charge is 2.41. The first-order chi connectivity index (χ1) is 12.1. The van der Waals surface area contributed by atoms with Gasteiger partial charge in [-0.15, -0.1) is 0 Å². The number of ether oxygens (including phenoxy) is 1. The Labute approximate surface area is 161 Å². The summed E-state index contributed by atoms with van der Waals surface area (Å²) >= 11 is 2.15. The summed E-state index contributed by atoms with van der Waals surface area (Å²) in [6, 6.07) is 12.9. The molecule has 0 saturated carbocycles. The SMILES string of the molecule is CI.Oc1ccc(F)cc1CC(O)(c1ccccc1)C1CNCCO1. The fraction of sp³-hybridized carbons (Fsp3) is 0.368. The van der Waals surface area contributed by atoms with Crippen molar-refractivity contribution in [3.63, 3.8) is 0 Å². The highest BCUT2D eigenvalue weighted by Crippen LogP contribution is 2.34. The molecule has 1 aliphatic rings. The number of alkyl halides is 1. The molecule has 2 unspecified atom stereocenters. The van der Waals surface area contributed by atoms with Crippen LogP contribution in [0.1, 0.15) is 11.1 Å². The summed E-state index contributed by atoms with van der Waals surface area (Å²) < 4.78 is 19.3. The normalized spacial score (nSPS) is 19.4. The molecule has 1 saturated heterocycles. The van der Waals surface area contributed by atoms with Crippen LogP contribution in [-0.4, -0.2) is 40.9 Å². The zero-order valence-electron chi connectivity index (χ0n) is 14.1. The molecular weight excluding hydrogens is 436 g/mol. The molecule has 1 aliphatic heterocycles. The molecule has 3 N–H and O–H groups in total. The van der Waals surface area contributed by atoms with Gasteiger partial charge in [-0.25, -0.2) is 4.39 Å². The van der Waals surface area contributed by atoms with Crippen molar-refractivity contribution in [2.75, 3.05) is 24.6 Å². The highest BCUT2D eigenvalue weighted by molar-refractivity contribution is 14.1. The van der Waals surface area contributed by atoms with Crippen LogP contribution in [0.25, 0.3) is 0 Å². The fourth-order valence-corrected chi connectivity index (χ4v) is 2.99. The summed E-state index contributed by atoms with van der Waals surface area (Å²) in [7, 11) is 0. The van der Waals surface area contributed by atoms with E-state index in [9.17, 15) is 14.6 Å². The maximum Gasteiger partial charge on any atom is 0.123 e. The molecule has 2 atom stereocenters. The third-order valence-corrected chi connectivity index (χ3v) is 4.24. The molecule has 0 amide bonds. The van der Waals surface area contributed by atoms with Crippen molar-refractivity contribution in [2.45, 2.75) is 18.1 Å². The maximum atomic E-state index is 13.5. The summed E-state index contributed by atoms with van der Waals surface area (Å²) in [5.74, 6) is -0.486. The van der Waals surface area contributed by atoms with Crippen LogP contribution in [0.3, 0.4) is 0 Å². The van der Waals surface area contributed by atoms with Crippen LogP contribution in [0.5, 0.6) is 5.75 Å². The Morgan fingerprint density at radius 2 is 1.96 bits per heavy atom. The second-order valence-electron chi connectivity index (χ2n) is 5.80. The molecule has 25 heavy (non-hydrogen) atoms. The largest absolute Gasteiger partial charge is 0.508 e. The second kappa shape index (κ2) is 9.47. The zero-order valence-corrected chi connectivity index (χ0v) is 16.2. The number of nitrogens with one attached hydrogen (secondary N) is 1. The first-order valence-corrected chi connectivity index (χ1v) is 10.2. The molecule has 0 aliphatic carbocycles. The molecule has 6 heteroatoms. The lowest BCUT2D eigenvalue weighted by Gasteiger charge is -2.39. The van der Waals surface area contributed by atoms with Gasteiger partial charge in [-0.2, -0.15) is 0 Å². The summed E-state index contributed by atoms with van der Waals surface area (Å²) in [6.07, 6.45) is -0.422. The van der Waals surface area contributed by atoms with E-state index < -0.39 is 17.5 Å². The lowest BCUT2D eigenvalue weighted by molar-refractivity contribution is -0.124. The van der Waals surface area contributed by atoms with Gasteiger partial charge in [0.2, 0.25) is 0 Å². The second-order valence-corrected chi connectivity index (χ2v) is 5.80. The summed E-state index contributed by atoms with van der Waals surface area (Å²) in [6.45, 7) is 1.71. The molecule has 136 valence electrons. The molecular formula is C19H23FINO3. The quantitative estimate of drug-likeness (QED) is 0.486. The number of halogens is 2. The van der Waals surface area contributed by atoms with Gasteiger partial charge < -0.3 is 20.3 Å². The molecule has 1 fully saturated rings. The average Bonchev–Trinajstić information content (AvgIpc) is 2.67. The van der Waals surface area contributed by atoms with Crippen molar-refractivity contribution in [3.05, 3.63) is 65.5 Å². The highest BCUT2D eigenvalue weighted by atomic mass is 127. The van der Waals surface area contributed by atoms with E-state index in [0.717, 1.165) is 6.54 Å². The minimum atomic E-state index is -1.36. The first kappa shape index (κ1) is 20.1. The fourth-order valence-electron chi connectivity index (χ4n) is 2.99. The Balaban J connectivity index is 0.00000109. The van der Waals surface area contributed by atoms with E-state index in [1.165, 1.54) is 18.2 Å². The minimum Gasteiger partial charge on any atom is -0.508 e. The van der Waals surface area contributed by atoms with E-state index in [4.69, 9.17) is 4.74 Å². The number of rotatable bonds is 4. The number of phenolic OH excluding ortho intramolecular Hbond substituents is 1. The van der Waals surface area contributed by atoms with Crippen LogP contribution in [-0.2, 0) is 16.8 Å². The van der Waals surface area contributed by atoms with Gasteiger partial charge in [-0.05, 0) is 28.7 Å². The Morgan fingerprint density at radius 1 is 1.24 bits per heavy atom. The van der Waals surface area contributed by atoms with Crippen molar-refractivity contribution in [1.82, 2.24) is 5.32 Å². The van der Waals surface area contributed by atoms with Crippen molar-refractivity contribution in [3.8, 4) is 5.75 Å². The van der Waals surface area contributed by atoms with Crippen molar-refractivity contribution in [2.24, 2.45) is 0 Å². The number of aromatic hydroxyl groups is 1. The Hall–Kier alpha value is -1.22. The molecule has 1 heterocycles. The smallest absolute Gasteiger partial charge is 0.123 e. The van der Waals surface area contributed by atoms with Gasteiger partial charge >= 0.3 is 0 Å². The maximum absolute atomic E-state index is 13.5. The molecule has 0 radical (unpaired) electrons. The van der Waals surface area contributed by atoms with Gasteiger partial charge in [0, 0.05) is 25.1 Å². The standard InChI is InChI=1S/C18H20FNO3.CH3I/c19-15-6-7-16(21)13(10-15)11-18(22,14-4-2-1-3-5-14)17-12-20-8-9-23-17;1-2/h1-7,10,17,20-22H,8-9,11-12H2;1H3. The van der Waals surface area contributed by atoms with Crippen LogP contribution in [0.15, 0.2) is 48.5 Å². The van der Waals surface area contributed by atoms with Crippen molar-refractivity contribution in [1.29, 1.82) is 0 Å². The zero-order chi connectivity index (χ0) is 18.3. The van der Waals surface area contributed by atoms with Gasteiger partial charge in [0.1, 0.15) is 23.3 Å². The Kier molecular flexibility index (Phi) is 7.61. The predicted octanol–water partition coefficient (Wildman–Crippen LogP) is 3.00. The Morgan fingerprint density at radius 3 is 2.60 bits per heavy atom. The van der Waals surface area contributed by atoms with Crippen molar-refractivity contribution >= 4 is 22.6 Å². The topological polar surface area (TPSA) is 61.7 Å². The number of morpholine rings is 1. The first-order valence-electron chi connectivity index (χ1n) is 8.05. The molecule has 2 aromatic carbocycles. The number of hydrogen-bond acceptors (Lipinski definition) is 4. The minimum absolute atomic E-state index is 0.0375. The van der Waals surface area contributed by atoms with E-state index in [0.29, 0.717) is 24.3 Å². The van der Waals surface area contributed by atoms with E-state index in [2.05, 4.69) is 27.9 Å². The van der Waals surface area contributed by atoms with Gasteiger partial charge in [0.05, 0.1) is 6.61 Å². The molecule has 0 spiro atoms. The van der Waals surface area contributed by atoms with Gasteiger partial charge in [-0.1, -0.05) is 52.9 Å². The lowest BCUT2D eigenvalue weighted by Crippen LogP contribution is -2.52. The van der Waals surface area contributed by atoms with Gasteiger partial charge in [0.25, 0.3) is 0 Å². The summed E-state index contributed by atoms with van der Waals surface area (Å²) in [5.41, 5.74) is -0.331. The number of hydrogen-bond donors (Lipinski definition) is 3. The predicted molar refractivity (Wildman–Crippen MR) is 105 cm³/mol. The number of benzene rings is 2. The summed E-state index contributed by atoms with van der Waals surface area (Å²) in [5, 5.41) is 24.6. The monoisotopic (exact) mass is 459 g/mol. The molecule has 3 rings (SSSR count). The van der Waals surface area contributed by atoms with E-state index in [-0.39, 0.29) is 12.2 Å².